The monoisotopic (exact) mass is 657 g/mol. The molecule has 0 amide bonds. The molecule has 4 aliphatic carbocycles. The number of anilines is 1. The van der Waals surface area contributed by atoms with Crippen molar-refractivity contribution in [1.29, 1.82) is 0 Å². The van der Waals surface area contributed by atoms with Gasteiger partial charge in [-0.1, -0.05) is 32.0 Å². The first kappa shape index (κ1) is 29.6. The molecule has 4 saturated carbocycles. The molecule has 1 saturated heterocycles. The summed E-state index contributed by atoms with van der Waals surface area (Å²) < 4.78 is 7.51. The van der Waals surface area contributed by atoms with Crippen molar-refractivity contribution in [3.63, 3.8) is 0 Å². The van der Waals surface area contributed by atoms with E-state index in [2.05, 4.69) is 55.4 Å². The van der Waals surface area contributed by atoms with Gasteiger partial charge in [0.05, 0.1) is 0 Å². The minimum Gasteiger partial charge on any atom is -0.507 e. The van der Waals surface area contributed by atoms with Gasteiger partial charge < -0.3 is 9.80 Å². The van der Waals surface area contributed by atoms with Gasteiger partial charge in [0.25, 0.3) is 0 Å². The summed E-state index contributed by atoms with van der Waals surface area (Å²) in [5.74, 6) is 4.51. The Morgan fingerprint density at radius 2 is 1.56 bits per heavy atom. The molecular weight excluding hydrogens is 612 g/mol. The summed E-state index contributed by atoms with van der Waals surface area (Å²) in [4.78, 5) is 5.36. The Labute approximate surface area is 249 Å². The molecule has 7 rings (SSSR count). The Bertz CT molecular complexity index is 1140. The zero-order chi connectivity index (χ0) is 27.7. The fourth-order valence-electron chi connectivity index (χ4n) is 7.99. The largest absolute Gasteiger partial charge is 0.507 e. The van der Waals surface area contributed by atoms with Gasteiger partial charge in [-0.2, -0.15) is 6.67 Å². The number of benzene rings is 2. The minimum absolute atomic E-state index is 0.163. The van der Waals surface area contributed by atoms with Gasteiger partial charge in [-0.3, -0.25) is 0 Å². The Morgan fingerprint density at radius 1 is 0.923 bits per heavy atom. The van der Waals surface area contributed by atoms with Crippen molar-refractivity contribution < 1.29 is 18.3 Å². The Morgan fingerprint density at radius 3 is 2.15 bits per heavy atom. The summed E-state index contributed by atoms with van der Waals surface area (Å²) in [7, 11) is 11.6. The first-order valence-corrected chi connectivity index (χ1v) is 20.2. The molecular formula is C33H45Cl2N2ORu-. The fraction of sp³-hybridized carbons (Fsp3) is 0.576. The molecule has 3 nitrogen and oxygen atoms in total. The van der Waals surface area contributed by atoms with Crippen LogP contribution in [0, 0.1) is 31.3 Å². The van der Waals surface area contributed by atoms with Crippen molar-refractivity contribution in [2.24, 2.45) is 17.8 Å². The topological polar surface area (TPSA) is 15.7 Å². The SMILES string of the molecule is CC(C)Oc1ccccc1[CH]=[Ru]([Cl])[Cl].Cc1cccc(C(C)C)c1N1[CH-]N(C23CC4CC(CC(C4)C2)C3)CC1. The molecule has 2 aromatic rings. The van der Waals surface area contributed by atoms with Crippen molar-refractivity contribution in [3.05, 3.63) is 65.8 Å². The second-order valence-corrected chi connectivity index (χ2v) is 18.5. The molecule has 39 heavy (non-hydrogen) atoms. The Kier molecular flexibility index (Phi) is 9.49. The van der Waals surface area contributed by atoms with E-state index in [9.17, 15) is 0 Å². The predicted molar refractivity (Wildman–Crippen MR) is 164 cm³/mol. The second-order valence-electron chi connectivity index (χ2n) is 12.8. The van der Waals surface area contributed by atoms with E-state index in [0.29, 0.717) is 11.5 Å². The summed E-state index contributed by atoms with van der Waals surface area (Å²) in [5.41, 5.74) is 5.90. The van der Waals surface area contributed by atoms with Crippen LogP contribution < -0.4 is 9.64 Å². The van der Waals surface area contributed by atoms with E-state index in [1.807, 2.05) is 42.7 Å². The molecule has 4 bridgehead atoms. The molecule has 0 N–H and O–H groups in total. The minimum atomic E-state index is -1.77. The van der Waals surface area contributed by atoms with Crippen LogP contribution in [0.1, 0.15) is 88.8 Å². The molecule has 0 unspecified atom stereocenters. The molecule has 5 fully saturated rings. The number of aryl methyl sites for hydroxylation is 1. The fourth-order valence-corrected chi connectivity index (χ4v) is 9.80. The van der Waals surface area contributed by atoms with Crippen LogP contribution in [0.4, 0.5) is 5.69 Å². The third kappa shape index (κ3) is 6.77. The van der Waals surface area contributed by atoms with Gasteiger partial charge in [0.1, 0.15) is 0 Å². The summed E-state index contributed by atoms with van der Waals surface area (Å²) in [6, 6.07) is 14.6. The molecule has 0 aromatic heterocycles. The molecule has 0 spiro atoms. The molecule has 1 aliphatic heterocycles. The van der Waals surface area contributed by atoms with Crippen LogP contribution in [0.5, 0.6) is 5.75 Å². The van der Waals surface area contributed by atoms with Crippen LogP contribution >= 0.6 is 19.4 Å². The van der Waals surface area contributed by atoms with Crippen LogP contribution in [0.15, 0.2) is 42.5 Å². The first-order chi connectivity index (χ1) is 18.6. The quantitative estimate of drug-likeness (QED) is 0.228. The molecule has 5 aliphatic rings. The normalized spacial score (nSPS) is 28.1. The second kappa shape index (κ2) is 12.5. The summed E-state index contributed by atoms with van der Waals surface area (Å²) in [5, 5.41) is 0. The van der Waals surface area contributed by atoms with Crippen LogP contribution in [0.3, 0.4) is 0 Å². The van der Waals surface area contributed by atoms with E-state index >= 15 is 0 Å². The summed E-state index contributed by atoms with van der Waals surface area (Å²) in [6.07, 6.45) is 9.16. The third-order valence-corrected chi connectivity index (χ3v) is 11.0. The van der Waals surface area contributed by atoms with Gasteiger partial charge in [0.15, 0.2) is 0 Å². The zero-order valence-corrected chi connectivity index (χ0v) is 27.4. The van der Waals surface area contributed by atoms with Gasteiger partial charge in [0, 0.05) is 12.2 Å². The van der Waals surface area contributed by atoms with E-state index in [1.54, 1.807) is 0 Å². The molecule has 0 radical (unpaired) electrons. The van der Waals surface area contributed by atoms with Gasteiger partial charge in [-0.15, -0.1) is 0 Å². The standard InChI is InChI=1S/C23H33N2.C10H12O.2ClH.Ru/c1-16(2)21-6-4-5-17(3)22(21)24-7-8-25(15-24)23-12-18-9-19(13-23)11-20(10-18)14-23;1-8(2)11-10-7-5-4-6-9(10)3;;;/h4-6,15-16,18-20H,7-14H2,1-3H3;3-8H,1-2H3;2*1H;/q-1;;;;+2/p-2. The van der Waals surface area contributed by atoms with E-state index in [-0.39, 0.29) is 6.10 Å². The summed E-state index contributed by atoms with van der Waals surface area (Å²) >= 11 is -1.77. The van der Waals surface area contributed by atoms with Gasteiger partial charge >= 0.3 is 97.8 Å². The maximum atomic E-state index is 5.82. The molecule has 6 heteroatoms. The predicted octanol–water partition coefficient (Wildman–Crippen LogP) is 8.88. The van der Waals surface area contributed by atoms with Crippen LogP contribution in [-0.4, -0.2) is 34.2 Å². The third-order valence-electron chi connectivity index (χ3n) is 9.12. The summed E-state index contributed by atoms with van der Waals surface area (Å²) in [6.45, 7) is 15.8. The van der Waals surface area contributed by atoms with E-state index < -0.39 is 13.5 Å². The maximum absolute atomic E-state index is 5.82. The van der Waals surface area contributed by atoms with Crippen LogP contribution in [-0.2, 0) is 13.5 Å². The number of nitrogens with zero attached hydrogens (tertiary/aromatic N) is 2. The number of para-hydroxylation sites is 2. The van der Waals surface area contributed by atoms with Crippen molar-refractivity contribution in [3.8, 4) is 5.75 Å². The number of hydrogen-bond donors (Lipinski definition) is 0. The van der Waals surface area contributed by atoms with Crippen molar-refractivity contribution in [2.75, 3.05) is 18.0 Å². The van der Waals surface area contributed by atoms with Crippen molar-refractivity contribution in [2.45, 2.75) is 90.7 Å². The zero-order valence-electron chi connectivity index (χ0n) is 24.2. The van der Waals surface area contributed by atoms with Gasteiger partial charge in [0.2, 0.25) is 0 Å². The van der Waals surface area contributed by atoms with Crippen LogP contribution in [0.2, 0.25) is 0 Å². The average molecular weight is 658 g/mol. The average Bonchev–Trinajstić information content (AvgIpc) is 3.35. The van der Waals surface area contributed by atoms with Gasteiger partial charge in [-0.05, 0) is 92.3 Å². The number of halogens is 2. The van der Waals surface area contributed by atoms with Crippen molar-refractivity contribution in [1.82, 2.24) is 4.90 Å². The van der Waals surface area contributed by atoms with Crippen molar-refractivity contribution >= 4 is 29.7 Å². The van der Waals surface area contributed by atoms with Gasteiger partial charge in [-0.25, -0.2) is 0 Å². The Hall–Kier alpha value is -0.927. The molecule has 0 atom stereocenters. The maximum Gasteiger partial charge on any atom is 0.0147 e. The molecule has 216 valence electrons. The van der Waals surface area contributed by atoms with E-state index in [1.165, 1.54) is 61.9 Å². The van der Waals surface area contributed by atoms with E-state index in [0.717, 1.165) is 35.6 Å². The Balaban J connectivity index is 0.000000189. The molecule has 2 aromatic carbocycles. The number of ether oxygens (including phenoxy) is 1. The van der Waals surface area contributed by atoms with E-state index in [4.69, 9.17) is 24.1 Å². The smallest absolute Gasteiger partial charge is 0.0147 e. The number of hydrogen-bond acceptors (Lipinski definition) is 3. The molecule has 1 heterocycles. The first-order valence-electron chi connectivity index (χ1n) is 14.7. The van der Waals surface area contributed by atoms with Crippen LogP contribution in [0.25, 0.3) is 0 Å². The number of rotatable bonds is 6.